The number of carbonyl (C=O) groups excluding carboxylic acids is 2. The molecule has 2 amide bonds. The number of halogens is 2. The molecule has 0 bridgehead atoms. The number of anilines is 2. The Labute approximate surface area is 149 Å². The summed E-state index contributed by atoms with van der Waals surface area (Å²) in [5.74, 6) is -1.61. The molecule has 0 aromatic heterocycles. The highest BCUT2D eigenvalue weighted by Gasteiger charge is 2.13. The lowest BCUT2D eigenvalue weighted by Crippen LogP contribution is -2.36. The van der Waals surface area contributed by atoms with Gasteiger partial charge in [0.15, 0.2) is 0 Å². The van der Waals surface area contributed by atoms with E-state index in [1.54, 1.807) is 38.4 Å². The Morgan fingerprint density at radius 1 is 1.00 bits per heavy atom. The molecule has 8 heteroatoms. The molecule has 0 radical (unpaired) electrons. The molecule has 0 spiro atoms. The minimum Gasteiger partial charge on any atom is -0.497 e. The number of carbonyl (C=O) groups is 2. The Hall–Kier alpha value is -3.00. The van der Waals surface area contributed by atoms with E-state index in [1.165, 1.54) is 4.90 Å². The molecule has 2 aromatic carbocycles. The van der Waals surface area contributed by atoms with Crippen LogP contribution in [-0.4, -0.2) is 44.0 Å². The van der Waals surface area contributed by atoms with E-state index >= 15 is 0 Å². The van der Waals surface area contributed by atoms with E-state index in [0.717, 1.165) is 18.2 Å². The molecule has 0 saturated heterocycles. The van der Waals surface area contributed by atoms with Crippen LogP contribution in [0, 0.1) is 11.6 Å². The fourth-order valence-corrected chi connectivity index (χ4v) is 2.20. The second-order valence-corrected chi connectivity index (χ2v) is 5.62. The molecule has 0 saturated carbocycles. The molecule has 138 valence electrons. The normalized spacial score (nSPS) is 10.5. The average Bonchev–Trinajstić information content (AvgIpc) is 2.58. The highest BCUT2D eigenvalue weighted by atomic mass is 19.1. The van der Waals surface area contributed by atoms with Crippen molar-refractivity contribution in [3.05, 3.63) is 54.1 Å². The first-order chi connectivity index (χ1) is 12.4. The van der Waals surface area contributed by atoms with Crippen molar-refractivity contribution in [1.82, 2.24) is 4.90 Å². The van der Waals surface area contributed by atoms with Gasteiger partial charge in [0.05, 0.1) is 25.9 Å². The second kappa shape index (κ2) is 8.91. The zero-order valence-electron chi connectivity index (χ0n) is 14.4. The molecule has 0 fully saturated rings. The molecule has 2 aromatic rings. The summed E-state index contributed by atoms with van der Waals surface area (Å²) < 4.78 is 31.6. The SMILES string of the molecule is COc1ccc(NC(=O)CN(C)CC(=O)Nc2cc(F)ccc2F)cc1. The summed E-state index contributed by atoms with van der Waals surface area (Å²) in [5.41, 5.74) is 0.349. The zero-order valence-corrected chi connectivity index (χ0v) is 14.4. The first-order valence-electron chi connectivity index (χ1n) is 7.74. The maximum atomic E-state index is 13.5. The summed E-state index contributed by atoms with van der Waals surface area (Å²) in [7, 11) is 3.11. The highest BCUT2D eigenvalue weighted by Crippen LogP contribution is 2.16. The van der Waals surface area contributed by atoms with E-state index in [9.17, 15) is 18.4 Å². The quantitative estimate of drug-likeness (QED) is 0.793. The lowest BCUT2D eigenvalue weighted by atomic mass is 10.3. The molecule has 0 heterocycles. The van der Waals surface area contributed by atoms with E-state index in [1.807, 2.05) is 0 Å². The first kappa shape index (κ1) is 19.3. The Bertz CT molecular complexity index is 782. The first-order valence-corrected chi connectivity index (χ1v) is 7.74. The van der Waals surface area contributed by atoms with Gasteiger partial charge in [0, 0.05) is 11.8 Å². The van der Waals surface area contributed by atoms with E-state index < -0.39 is 17.5 Å². The van der Waals surface area contributed by atoms with E-state index in [0.29, 0.717) is 11.4 Å². The second-order valence-electron chi connectivity index (χ2n) is 5.62. The number of amides is 2. The number of ether oxygens (including phenoxy) is 1. The van der Waals surface area contributed by atoms with Gasteiger partial charge in [-0.15, -0.1) is 0 Å². The van der Waals surface area contributed by atoms with E-state index in [2.05, 4.69) is 10.6 Å². The average molecular weight is 363 g/mol. The summed E-state index contributed by atoms with van der Waals surface area (Å²) >= 11 is 0. The number of hydrogen-bond acceptors (Lipinski definition) is 4. The van der Waals surface area contributed by atoms with Crippen molar-refractivity contribution in [3.63, 3.8) is 0 Å². The molecule has 0 aliphatic carbocycles. The number of likely N-dealkylation sites (N-methyl/N-ethyl adjacent to an activating group) is 1. The van der Waals surface area contributed by atoms with Gasteiger partial charge in [-0.25, -0.2) is 8.78 Å². The monoisotopic (exact) mass is 363 g/mol. The van der Waals surface area contributed by atoms with Crippen LogP contribution in [0.2, 0.25) is 0 Å². The van der Waals surface area contributed by atoms with Crippen LogP contribution >= 0.6 is 0 Å². The van der Waals surface area contributed by atoms with Crippen molar-refractivity contribution >= 4 is 23.2 Å². The largest absolute Gasteiger partial charge is 0.497 e. The Morgan fingerprint density at radius 2 is 1.62 bits per heavy atom. The van der Waals surface area contributed by atoms with Crippen molar-refractivity contribution in [2.75, 3.05) is 37.9 Å². The van der Waals surface area contributed by atoms with Crippen molar-refractivity contribution in [3.8, 4) is 5.75 Å². The number of hydrogen-bond donors (Lipinski definition) is 2. The van der Waals surface area contributed by atoms with Crippen LogP contribution in [0.5, 0.6) is 5.75 Å². The molecule has 2 rings (SSSR count). The highest BCUT2D eigenvalue weighted by molar-refractivity contribution is 5.94. The standard InChI is InChI=1S/C18H19F2N3O3/c1-23(10-17(24)21-13-4-6-14(26-2)7-5-13)11-18(25)22-16-9-12(19)3-8-15(16)20/h3-9H,10-11H2,1-2H3,(H,21,24)(H,22,25). The summed E-state index contributed by atoms with van der Waals surface area (Å²) in [6.45, 7) is -0.211. The summed E-state index contributed by atoms with van der Waals surface area (Å²) in [5, 5.41) is 4.96. The zero-order chi connectivity index (χ0) is 19.1. The fraction of sp³-hybridized carbons (Fsp3) is 0.222. The van der Waals surface area contributed by atoms with E-state index in [-0.39, 0.29) is 24.7 Å². The summed E-state index contributed by atoms with van der Waals surface area (Å²) in [4.78, 5) is 25.3. The van der Waals surface area contributed by atoms with Gasteiger partial charge in [-0.2, -0.15) is 0 Å². The number of nitrogens with one attached hydrogen (secondary N) is 2. The van der Waals surface area contributed by atoms with E-state index in [4.69, 9.17) is 4.74 Å². The van der Waals surface area contributed by atoms with Gasteiger partial charge in [0.25, 0.3) is 0 Å². The van der Waals surface area contributed by atoms with Crippen LogP contribution in [0.15, 0.2) is 42.5 Å². The minimum atomic E-state index is -0.736. The molecule has 0 atom stereocenters. The van der Waals surface area contributed by atoms with Crippen molar-refractivity contribution in [1.29, 1.82) is 0 Å². The van der Waals surface area contributed by atoms with Crippen molar-refractivity contribution in [2.45, 2.75) is 0 Å². The summed E-state index contributed by atoms with van der Waals surface area (Å²) in [6.07, 6.45) is 0. The molecule has 6 nitrogen and oxygen atoms in total. The lowest BCUT2D eigenvalue weighted by Gasteiger charge is -2.16. The summed E-state index contributed by atoms with van der Waals surface area (Å²) in [6, 6.07) is 9.58. The third kappa shape index (κ3) is 5.82. The fourth-order valence-electron chi connectivity index (χ4n) is 2.20. The number of nitrogens with zero attached hydrogens (tertiary/aromatic N) is 1. The minimum absolute atomic E-state index is 0.0505. The van der Waals surface area contributed by atoms with Crippen LogP contribution in [0.25, 0.3) is 0 Å². The Morgan fingerprint density at radius 3 is 2.23 bits per heavy atom. The van der Waals surface area contributed by atoms with Crippen LogP contribution in [-0.2, 0) is 9.59 Å². The van der Waals surface area contributed by atoms with Crippen LogP contribution in [0.4, 0.5) is 20.2 Å². The molecule has 0 unspecified atom stereocenters. The third-order valence-corrected chi connectivity index (χ3v) is 3.40. The predicted molar refractivity (Wildman–Crippen MR) is 94.1 cm³/mol. The molecule has 0 aliphatic heterocycles. The van der Waals surface area contributed by atoms with Gasteiger partial charge in [0.2, 0.25) is 11.8 Å². The molecule has 2 N–H and O–H groups in total. The molecular weight excluding hydrogens is 344 g/mol. The topological polar surface area (TPSA) is 70.7 Å². The maximum Gasteiger partial charge on any atom is 0.238 e. The van der Waals surface area contributed by atoms with Crippen molar-refractivity contribution in [2.24, 2.45) is 0 Å². The maximum absolute atomic E-state index is 13.5. The van der Waals surface area contributed by atoms with Crippen LogP contribution in [0.3, 0.4) is 0 Å². The smallest absolute Gasteiger partial charge is 0.238 e. The Kier molecular flexibility index (Phi) is 6.62. The predicted octanol–water partition coefficient (Wildman–Crippen LogP) is 2.48. The van der Waals surface area contributed by atoms with Crippen molar-refractivity contribution < 1.29 is 23.1 Å². The van der Waals surface area contributed by atoms with Gasteiger partial charge in [0.1, 0.15) is 17.4 Å². The lowest BCUT2D eigenvalue weighted by molar-refractivity contribution is -0.119. The molecule has 26 heavy (non-hydrogen) atoms. The number of benzene rings is 2. The third-order valence-electron chi connectivity index (χ3n) is 3.40. The molecule has 0 aliphatic rings. The van der Waals surface area contributed by atoms with Gasteiger partial charge < -0.3 is 15.4 Å². The Balaban J connectivity index is 1.82. The van der Waals surface area contributed by atoms with Gasteiger partial charge >= 0.3 is 0 Å². The number of methoxy groups -OCH3 is 1. The number of rotatable bonds is 7. The van der Waals surface area contributed by atoms with Crippen LogP contribution < -0.4 is 15.4 Å². The van der Waals surface area contributed by atoms with Gasteiger partial charge in [-0.3, -0.25) is 14.5 Å². The molecular formula is C18H19F2N3O3. The van der Waals surface area contributed by atoms with Gasteiger partial charge in [-0.05, 0) is 43.4 Å². The van der Waals surface area contributed by atoms with Crippen LogP contribution in [0.1, 0.15) is 0 Å². The van der Waals surface area contributed by atoms with Gasteiger partial charge in [-0.1, -0.05) is 0 Å².